The van der Waals surface area contributed by atoms with E-state index >= 15 is 0 Å². The van der Waals surface area contributed by atoms with Gasteiger partial charge in [0.1, 0.15) is 5.76 Å². The third-order valence-corrected chi connectivity index (χ3v) is 5.61. The number of ketones is 1. The lowest BCUT2D eigenvalue weighted by atomic mass is 9.92. The first kappa shape index (κ1) is 20.6. The van der Waals surface area contributed by atoms with E-state index in [1.807, 2.05) is 25.1 Å². The quantitative estimate of drug-likeness (QED) is 0.684. The van der Waals surface area contributed by atoms with Crippen LogP contribution >= 0.6 is 11.6 Å². The van der Waals surface area contributed by atoms with Crippen molar-refractivity contribution in [2.24, 2.45) is 0 Å². The molecule has 150 valence electrons. The molecule has 2 N–H and O–H groups in total. The average Bonchev–Trinajstić information content (AvgIpc) is 3.14. The number of nitrogens with one attached hydrogen (secondary N) is 1. The molecule has 0 aliphatic heterocycles. The van der Waals surface area contributed by atoms with Crippen LogP contribution in [0, 0.1) is 0 Å². The number of hydrogen-bond donors (Lipinski definition) is 2. The predicted molar refractivity (Wildman–Crippen MR) is 108 cm³/mol. The number of hydrogen-bond acceptors (Lipinski definition) is 4. The summed E-state index contributed by atoms with van der Waals surface area (Å²) in [6.45, 7) is 3.69. The van der Waals surface area contributed by atoms with Gasteiger partial charge in [0.25, 0.3) is 5.91 Å². The Hall–Kier alpha value is -2.11. The molecule has 1 aromatic carbocycles. The highest BCUT2D eigenvalue weighted by Gasteiger charge is 2.28. The van der Waals surface area contributed by atoms with Gasteiger partial charge < -0.3 is 14.8 Å². The molecule has 0 saturated heterocycles. The Morgan fingerprint density at radius 3 is 2.61 bits per heavy atom. The molecule has 1 amide bonds. The van der Waals surface area contributed by atoms with Crippen LogP contribution in [0.4, 0.5) is 0 Å². The van der Waals surface area contributed by atoms with Crippen molar-refractivity contribution >= 4 is 23.3 Å². The number of aliphatic hydroxyl groups excluding tert-OH is 1. The van der Waals surface area contributed by atoms with E-state index in [1.165, 1.54) is 0 Å². The van der Waals surface area contributed by atoms with E-state index in [4.69, 9.17) is 16.0 Å². The van der Waals surface area contributed by atoms with Gasteiger partial charge in [-0.2, -0.15) is 0 Å². The highest BCUT2D eigenvalue weighted by atomic mass is 35.5. The molecule has 1 aromatic heterocycles. The van der Waals surface area contributed by atoms with Gasteiger partial charge in [-0.1, -0.05) is 37.6 Å². The third kappa shape index (κ3) is 4.65. The maximum Gasteiger partial charge on any atom is 0.255 e. The Bertz CT molecular complexity index is 852. The standard InChI is InChI=1S/C22H26ClNO4/c1-3-19(26)20-12-18(22(27)24-16-7-9-17(25)10-8-16)21(28-20)13(2)14-5-4-6-15(23)11-14/h4-6,11-13,16-17,25H,3,7-10H2,1-2H3,(H,24,27). The van der Waals surface area contributed by atoms with E-state index < -0.39 is 0 Å². The Morgan fingerprint density at radius 2 is 1.96 bits per heavy atom. The molecule has 5 nitrogen and oxygen atoms in total. The van der Waals surface area contributed by atoms with Gasteiger partial charge >= 0.3 is 0 Å². The first-order valence-electron chi connectivity index (χ1n) is 9.80. The van der Waals surface area contributed by atoms with Crippen molar-refractivity contribution in [3.8, 4) is 0 Å². The lowest BCUT2D eigenvalue weighted by molar-refractivity contribution is 0.0865. The Balaban J connectivity index is 1.89. The molecule has 6 heteroatoms. The second kappa shape index (κ2) is 8.93. The van der Waals surface area contributed by atoms with Gasteiger partial charge in [-0.15, -0.1) is 0 Å². The summed E-state index contributed by atoms with van der Waals surface area (Å²) in [6.07, 6.45) is 2.87. The molecule has 3 rings (SSSR count). The SMILES string of the molecule is CCC(=O)c1cc(C(=O)NC2CCC(O)CC2)c(C(C)c2cccc(Cl)c2)o1. The van der Waals surface area contributed by atoms with Crippen LogP contribution in [0.3, 0.4) is 0 Å². The number of Topliss-reactive ketones (excluding diaryl/α,β-unsaturated/α-hetero) is 1. The van der Waals surface area contributed by atoms with Crippen LogP contribution in [0.5, 0.6) is 0 Å². The first-order valence-corrected chi connectivity index (χ1v) is 10.2. The van der Waals surface area contributed by atoms with Crippen LogP contribution in [0.15, 0.2) is 34.7 Å². The van der Waals surface area contributed by atoms with E-state index in [0.29, 0.717) is 35.6 Å². The summed E-state index contributed by atoms with van der Waals surface area (Å²) in [5.74, 6) is 0.0533. The van der Waals surface area contributed by atoms with E-state index in [2.05, 4.69) is 5.32 Å². The second-order valence-electron chi connectivity index (χ2n) is 7.42. The molecule has 0 bridgehead atoms. The number of benzene rings is 1. The molecule has 1 saturated carbocycles. The Labute approximate surface area is 170 Å². The van der Waals surface area contributed by atoms with E-state index in [0.717, 1.165) is 18.4 Å². The number of rotatable bonds is 6. The largest absolute Gasteiger partial charge is 0.456 e. The van der Waals surface area contributed by atoms with Crippen LogP contribution in [-0.2, 0) is 0 Å². The van der Waals surface area contributed by atoms with Gasteiger partial charge in [-0.25, -0.2) is 0 Å². The second-order valence-corrected chi connectivity index (χ2v) is 7.86. The van der Waals surface area contributed by atoms with Crippen LogP contribution in [-0.4, -0.2) is 28.9 Å². The van der Waals surface area contributed by atoms with Crippen LogP contribution in [0.1, 0.15) is 84.1 Å². The lowest BCUT2D eigenvalue weighted by Gasteiger charge is -2.26. The Kier molecular flexibility index (Phi) is 6.57. The number of carbonyl (C=O) groups is 2. The highest BCUT2D eigenvalue weighted by Crippen LogP contribution is 2.32. The van der Waals surface area contributed by atoms with Gasteiger partial charge in [-0.3, -0.25) is 9.59 Å². The van der Waals surface area contributed by atoms with Crippen molar-refractivity contribution in [1.82, 2.24) is 5.32 Å². The molecule has 2 aromatic rings. The molecular formula is C22H26ClNO4. The molecular weight excluding hydrogens is 378 g/mol. The maximum absolute atomic E-state index is 13.0. The van der Waals surface area contributed by atoms with Crippen molar-refractivity contribution in [2.45, 2.75) is 64.0 Å². The minimum atomic E-state index is -0.283. The normalized spacial score (nSPS) is 20.6. The summed E-state index contributed by atoms with van der Waals surface area (Å²) >= 11 is 6.11. The monoisotopic (exact) mass is 403 g/mol. The van der Waals surface area contributed by atoms with E-state index in [9.17, 15) is 14.7 Å². The highest BCUT2D eigenvalue weighted by molar-refractivity contribution is 6.30. The minimum absolute atomic E-state index is 0.0189. The van der Waals surface area contributed by atoms with Gasteiger partial charge in [0.05, 0.1) is 11.7 Å². The summed E-state index contributed by atoms with van der Waals surface area (Å²) in [7, 11) is 0. The predicted octanol–water partition coefficient (Wildman–Crippen LogP) is 4.71. The average molecular weight is 404 g/mol. The van der Waals surface area contributed by atoms with Crippen molar-refractivity contribution in [3.05, 3.63) is 58.0 Å². The van der Waals surface area contributed by atoms with Crippen LogP contribution < -0.4 is 5.32 Å². The van der Waals surface area contributed by atoms with E-state index in [-0.39, 0.29) is 35.5 Å². The molecule has 1 aliphatic carbocycles. The number of furan rings is 1. The maximum atomic E-state index is 13.0. The molecule has 0 radical (unpaired) electrons. The molecule has 1 fully saturated rings. The molecule has 28 heavy (non-hydrogen) atoms. The number of amides is 1. The Morgan fingerprint density at radius 1 is 1.25 bits per heavy atom. The van der Waals surface area contributed by atoms with Gasteiger partial charge in [0, 0.05) is 29.5 Å². The van der Waals surface area contributed by atoms with Crippen molar-refractivity contribution in [2.75, 3.05) is 0 Å². The number of carbonyl (C=O) groups excluding carboxylic acids is 2. The summed E-state index contributed by atoms with van der Waals surface area (Å²) in [6, 6.07) is 8.96. The topological polar surface area (TPSA) is 79.5 Å². The number of aliphatic hydroxyl groups is 1. The van der Waals surface area contributed by atoms with Crippen molar-refractivity contribution < 1.29 is 19.1 Å². The molecule has 1 aliphatic rings. The zero-order valence-electron chi connectivity index (χ0n) is 16.2. The summed E-state index contributed by atoms with van der Waals surface area (Å²) in [4.78, 5) is 25.1. The van der Waals surface area contributed by atoms with Gasteiger partial charge in [0.2, 0.25) is 0 Å². The van der Waals surface area contributed by atoms with Gasteiger partial charge in [0.15, 0.2) is 11.5 Å². The van der Waals surface area contributed by atoms with Gasteiger partial charge in [-0.05, 0) is 43.4 Å². The summed E-state index contributed by atoms with van der Waals surface area (Å²) in [5, 5.41) is 13.3. The summed E-state index contributed by atoms with van der Waals surface area (Å²) in [5.41, 5.74) is 1.29. The lowest BCUT2D eigenvalue weighted by Crippen LogP contribution is -2.38. The fourth-order valence-corrected chi connectivity index (χ4v) is 3.83. The fraction of sp³-hybridized carbons (Fsp3) is 0.455. The molecule has 0 spiro atoms. The van der Waals surface area contributed by atoms with Crippen LogP contribution in [0.2, 0.25) is 5.02 Å². The summed E-state index contributed by atoms with van der Waals surface area (Å²) < 4.78 is 5.86. The first-order chi connectivity index (χ1) is 13.4. The molecule has 1 atom stereocenters. The fourth-order valence-electron chi connectivity index (χ4n) is 3.63. The zero-order valence-corrected chi connectivity index (χ0v) is 17.0. The molecule has 1 unspecified atom stereocenters. The molecule has 1 heterocycles. The minimum Gasteiger partial charge on any atom is -0.456 e. The van der Waals surface area contributed by atoms with Crippen LogP contribution in [0.25, 0.3) is 0 Å². The zero-order chi connectivity index (χ0) is 20.3. The van der Waals surface area contributed by atoms with Crippen molar-refractivity contribution in [1.29, 1.82) is 0 Å². The van der Waals surface area contributed by atoms with E-state index in [1.54, 1.807) is 19.1 Å². The van der Waals surface area contributed by atoms with Crippen molar-refractivity contribution in [3.63, 3.8) is 0 Å². The smallest absolute Gasteiger partial charge is 0.255 e. The third-order valence-electron chi connectivity index (χ3n) is 5.38. The number of halogens is 1.